The number of rotatable bonds is 5. The van der Waals surface area contributed by atoms with Crippen molar-refractivity contribution < 1.29 is 17.6 Å². The second-order valence-corrected chi connectivity index (χ2v) is 10.9. The van der Waals surface area contributed by atoms with E-state index < -0.39 is 27.7 Å². The van der Waals surface area contributed by atoms with Gasteiger partial charge in [0, 0.05) is 24.7 Å². The smallest absolute Gasteiger partial charge is 0.252 e. The third kappa shape index (κ3) is 4.43. The maximum atomic E-state index is 14.4. The lowest BCUT2D eigenvalue weighted by Crippen LogP contribution is -2.42. The third-order valence-corrected chi connectivity index (χ3v) is 8.53. The average molecular weight is 494 g/mol. The molecular weight excluding hydrogens is 473 g/mol. The van der Waals surface area contributed by atoms with E-state index >= 15 is 0 Å². The minimum absolute atomic E-state index is 0.0496. The molecule has 0 radical (unpaired) electrons. The van der Waals surface area contributed by atoms with Gasteiger partial charge < -0.3 is 4.57 Å². The van der Waals surface area contributed by atoms with Crippen LogP contribution in [0.1, 0.15) is 12.8 Å². The number of aromatic nitrogens is 1. The Hall–Kier alpha value is -2.33. The molecule has 2 aromatic carbocycles. The molecule has 1 aromatic heterocycles. The molecule has 0 saturated carbocycles. The van der Waals surface area contributed by atoms with E-state index in [0.717, 1.165) is 0 Å². The summed E-state index contributed by atoms with van der Waals surface area (Å²) in [5.74, 6) is -1.38. The van der Waals surface area contributed by atoms with Crippen LogP contribution >= 0.6 is 22.9 Å². The summed E-state index contributed by atoms with van der Waals surface area (Å²) in [5.41, 5.74) is 0.375. The maximum Gasteiger partial charge on any atom is 0.252 e. The van der Waals surface area contributed by atoms with Crippen LogP contribution in [0.2, 0.25) is 5.02 Å². The SMILES string of the molecule is C=CCn1c(=NC(=O)C2CCCN(S(=O)(=O)c3ccc(Cl)cc3)C2)sc2cccc(F)c21. The van der Waals surface area contributed by atoms with E-state index in [0.29, 0.717) is 46.0 Å². The lowest BCUT2D eigenvalue weighted by molar-refractivity contribution is -0.122. The Labute approximate surface area is 194 Å². The number of carbonyl (C=O) groups is 1. The largest absolute Gasteiger partial charge is 0.310 e. The second kappa shape index (κ2) is 9.27. The number of hydrogen-bond acceptors (Lipinski definition) is 4. The van der Waals surface area contributed by atoms with Crippen LogP contribution in [-0.4, -0.2) is 36.3 Å². The summed E-state index contributed by atoms with van der Waals surface area (Å²) in [6.07, 6.45) is 2.70. The Morgan fingerprint density at radius 2 is 2.03 bits per heavy atom. The summed E-state index contributed by atoms with van der Waals surface area (Å²) >= 11 is 7.09. The minimum Gasteiger partial charge on any atom is -0.310 e. The van der Waals surface area contributed by atoms with Gasteiger partial charge in [0.1, 0.15) is 5.82 Å². The van der Waals surface area contributed by atoms with Crippen LogP contribution in [0.3, 0.4) is 0 Å². The van der Waals surface area contributed by atoms with E-state index in [-0.39, 0.29) is 11.4 Å². The first kappa shape index (κ1) is 22.8. The average Bonchev–Trinajstić information content (AvgIpc) is 3.12. The number of hydrogen-bond donors (Lipinski definition) is 0. The van der Waals surface area contributed by atoms with Crippen LogP contribution in [-0.2, 0) is 21.4 Å². The molecule has 10 heteroatoms. The Bertz CT molecular complexity index is 1350. The Morgan fingerprint density at radius 3 is 2.75 bits per heavy atom. The molecule has 1 atom stereocenters. The number of thiazole rings is 1. The van der Waals surface area contributed by atoms with Crippen molar-refractivity contribution in [3.8, 4) is 0 Å². The summed E-state index contributed by atoms with van der Waals surface area (Å²) < 4.78 is 44.0. The molecule has 0 bridgehead atoms. The van der Waals surface area contributed by atoms with E-state index in [9.17, 15) is 17.6 Å². The molecule has 4 rings (SSSR count). The fourth-order valence-electron chi connectivity index (χ4n) is 3.77. The zero-order valence-electron chi connectivity index (χ0n) is 17.1. The molecule has 1 amide bonds. The highest BCUT2D eigenvalue weighted by Gasteiger charge is 2.33. The highest BCUT2D eigenvalue weighted by molar-refractivity contribution is 7.89. The van der Waals surface area contributed by atoms with Crippen LogP contribution in [0, 0.1) is 11.7 Å². The first-order valence-corrected chi connectivity index (χ1v) is 12.7. The van der Waals surface area contributed by atoms with Crippen molar-refractivity contribution >= 4 is 49.1 Å². The van der Waals surface area contributed by atoms with Gasteiger partial charge in [-0.1, -0.05) is 35.1 Å². The Kier molecular flexibility index (Phi) is 6.62. The molecule has 168 valence electrons. The fraction of sp³-hybridized carbons (Fsp3) is 0.273. The molecule has 1 fully saturated rings. The number of halogens is 2. The van der Waals surface area contributed by atoms with Gasteiger partial charge in [0.2, 0.25) is 10.0 Å². The van der Waals surface area contributed by atoms with Gasteiger partial charge in [-0.25, -0.2) is 12.8 Å². The molecule has 0 spiro atoms. The molecule has 1 aliphatic rings. The van der Waals surface area contributed by atoms with Gasteiger partial charge in [-0.15, -0.1) is 6.58 Å². The van der Waals surface area contributed by atoms with E-state index in [4.69, 9.17) is 11.6 Å². The van der Waals surface area contributed by atoms with Gasteiger partial charge in [-0.3, -0.25) is 4.79 Å². The minimum atomic E-state index is -3.75. The molecule has 32 heavy (non-hydrogen) atoms. The molecule has 1 aliphatic heterocycles. The predicted octanol–water partition coefficient (Wildman–Crippen LogP) is 4.21. The van der Waals surface area contributed by atoms with Gasteiger partial charge in [-0.2, -0.15) is 9.30 Å². The van der Waals surface area contributed by atoms with E-state index in [1.54, 1.807) is 22.8 Å². The highest BCUT2D eigenvalue weighted by Crippen LogP contribution is 2.26. The quantitative estimate of drug-likeness (QED) is 0.500. The molecule has 0 aliphatic carbocycles. The molecule has 1 saturated heterocycles. The molecule has 6 nitrogen and oxygen atoms in total. The normalized spacial score (nSPS) is 18.2. The monoisotopic (exact) mass is 493 g/mol. The topological polar surface area (TPSA) is 71.7 Å². The number of piperidine rings is 1. The second-order valence-electron chi connectivity index (χ2n) is 7.48. The van der Waals surface area contributed by atoms with Crippen molar-refractivity contribution in [1.29, 1.82) is 0 Å². The van der Waals surface area contributed by atoms with Crippen LogP contribution in [0.25, 0.3) is 10.2 Å². The molecule has 2 heterocycles. The predicted molar refractivity (Wildman–Crippen MR) is 123 cm³/mol. The van der Waals surface area contributed by atoms with E-state index in [1.807, 2.05) is 0 Å². The van der Waals surface area contributed by atoms with Gasteiger partial charge in [0.15, 0.2) is 4.80 Å². The number of amides is 1. The van der Waals surface area contributed by atoms with Crippen molar-refractivity contribution in [2.45, 2.75) is 24.3 Å². The Balaban J connectivity index is 1.64. The van der Waals surface area contributed by atoms with Crippen molar-refractivity contribution in [3.63, 3.8) is 0 Å². The third-order valence-electron chi connectivity index (χ3n) is 5.35. The highest BCUT2D eigenvalue weighted by atomic mass is 35.5. The van der Waals surface area contributed by atoms with Crippen LogP contribution < -0.4 is 4.80 Å². The summed E-state index contributed by atoms with van der Waals surface area (Å²) in [4.78, 5) is 17.8. The first-order chi connectivity index (χ1) is 15.3. The summed E-state index contributed by atoms with van der Waals surface area (Å²) in [6, 6.07) is 10.7. The summed E-state index contributed by atoms with van der Waals surface area (Å²) in [7, 11) is -3.75. The van der Waals surface area contributed by atoms with Crippen molar-refractivity contribution in [2.24, 2.45) is 10.9 Å². The van der Waals surface area contributed by atoms with Crippen molar-refractivity contribution in [3.05, 3.63) is 70.8 Å². The molecule has 0 N–H and O–H groups in total. The number of benzene rings is 2. The van der Waals surface area contributed by atoms with Gasteiger partial charge in [-0.05, 0) is 49.2 Å². The van der Waals surface area contributed by atoms with Crippen molar-refractivity contribution in [1.82, 2.24) is 8.87 Å². The Morgan fingerprint density at radius 1 is 1.28 bits per heavy atom. The van der Waals surface area contributed by atoms with Crippen molar-refractivity contribution in [2.75, 3.05) is 13.1 Å². The zero-order chi connectivity index (χ0) is 22.9. The molecule has 1 unspecified atom stereocenters. The number of nitrogens with zero attached hydrogens (tertiary/aromatic N) is 3. The molecule has 3 aromatic rings. The maximum absolute atomic E-state index is 14.4. The lowest BCUT2D eigenvalue weighted by Gasteiger charge is -2.30. The van der Waals surface area contributed by atoms with Gasteiger partial charge >= 0.3 is 0 Å². The number of sulfonamides is 1. The number of para-hydroxylation sites is 1. The molecular formula is C22H21ClFN3O3S2. The van der Waals surface area contributed by atoms with E-state index in [2.05, 4.69) is 11.6 Å². The van der Waals surface area contributed by atoms with Crippen LogP contribution in [0.5, 0.6) is 0 Å². The lowest BCUT2D eigenvalue weighted by atomic mass is 9.99. The number of fused-ring (bicyclic) bond motifs is 1. The van der Waals surface area contributed by atoms with Crippen LogP contribution in [0.15, 0.2) is 65.0 Å². The fourth-order valence-corrected chi connectivity index (χ4v) is 6.48. The summed E-state index contributed by atoms with van der Waals surface area (Å²) in [6.45, 7) is 4.39. The summed E-state index contributed by atoms with van der Waals surface area (Å²) in [5, 5.41) is 0.446. The standard InChI is InChI=1S/C22H21ClFN3O3S2/c1-2-12-27-20-18(24)6-3-7-19(20)31-22(27)25-21(28)15-5-4-13-26(14-15)32(29,30)17-10-8-16(23)9-11-17/h2-3,6-11,15H,1,4-5,12-14H2. The zero-order valence-corrected chi connectivity index (χ0v) is 19.5. The number of allylic oxidation sites excluding steroid dienone is 1. The van der Waals surface area contributed by atoms with E-state index in [1.165, 1.54) is 46.0 Å². The van der Waals surface area contributed by atoms with Gasteiger partial charge in [0.25, 0.3) is 5.91 Å². The van der Waals surface area contributed by atoms with Gasteiger partial charge in [0.05, 0.1) is 21.0 Å². The first-order valence-electron chi connectivity index (χ1n) is 10.0. The van der Waals surface area contributed by atoms with Crippen LogP contribution in [0.4, 0.5) is 4.39 Å². The number of carbonyl (C=O) groups excluding carboxylic acids is 1.